The van der Waals surface area contributed by atoms with Crippen LogP contribution in [0.3, 0.4) is 0 Å². The number of anilines is 1. The molecule has 0 aliphatic carbocycles. The number of hydrogen-bond acceptors (Lipinski definition) is 4. The number of rotatable bonds is 3. The summed E-state index contributed by atoms with van der Waals surface area (Å²) in [6, 6.07) is 9.97. The van der Waals surface area contributed by atoms with E-state index in [1.165, 1.54) is 6.20 Å². The zero-order chi connectivity index (χ0) is 18.5. The molecule has 1 atom stereocenters. The number of carbonyl (C=O) groups excluding carboxylic acids is 1. The van der Waals surface area contributed by atoms with Crippen molar-refractivity contribution in [2.24, 2.45) is 0 Å². The van der Waals surface area contributed by atoms with Gasteiger partial charge >= 0.3 is 6.03 Å². The third-order valence-corrected chi connectivity index (χ3v) is 4.73. The van der Waals surface area contributed by atoms with Crippen LogP contribution in [0.4, 0.5) is 10.5 Å². The molecule has 0 bridgehead atoms. The largest absolute Gasteiger partial charge is 0.472 e. The van der Waals surface area contributed by atoms with E-state index >= 15 is 0 Å². The van der Waals surface area contributed by atoms with E-state index in [2.05, 4.69) is 16.4 Å². The first-order valence-corrected chi connectivity index (χ1v) is 8.84. The highest BCUT2D eigenvalue weighted by atomic mass is 35.5. The van der Waals surface area contributed by atoms with Gasteiger partial charge < -0.3 is 15.0 Å². The fourth-order valence-corrected chi connectivity index (χ4v) is 3.01. The van der Waals surface area contributed by atoms with Crippen LogP contribution in [0.15, 0.2) is 36.5 Å². The third-order valence-electron chi connectivity index (χ3n) is 3.99. The highest BCUT2D eigenvalue weighted by Crippen LogP contribution is 2.25. The van der Waals surface area contributed by atoms with E-state index in [9.17, 15) is 4.79 Å². The fourth-order valence-electron chi connectivity index (χ4n) is 2.71. The van der Waals surface area contributed by atoms with Gasteiger partial charge in [0.25, 0.3) is 0 Å². The molecule has 0 unspecified atom stereocenters. The molecule has 0 radical (unpaired) electrons. The predicted molar refractivity (Wildman–Crippen MR) is 99.7 cm³/mol. The Bertz CT molecular complexity index is 853. The average Bonchev–Trinajstić information content (AvgIpc) is 2.65. The van der Waals surface area contributed by atoms with E-state index in [0.29, 0.717) is 40.3 Å². The highest BCUT2D eigenvalue weighted by molar-refractivity contribution is 6.42. The summed E-state index contributed by atoms with van der Waals surface area (Å²) in [5.74, 6) is 0.390. The van der Waals surface area contributed by atoms with Gasteiger partial charge in [0.2, 0.25) is 5.88 Å². The van der Waals surface area contributed by atoms with E-state index in [-0.39, 0.29) is 12.1 Å². The smallest absolute Gasteiger partial charge is 0.321 e. The molecule has 1 saturated heterocycles. The van der Waals surface area contributed by atoms with E-state index in [1.54, 1.807) is 35.2 Å². The minimum absolute atomic E-state index is 0.176. The van der Waals surface area contributed by atoms with Gasteiger partial charge in [-0.2, -0.15) is 5.26 Å². The van der Waals surface area contributed by atoms with Gasteiger partial charge in [-0.05, 0) is 37.1 Å². The number of amides is 2. The Balaban J connectivity index is 1.61. The minimum atomic E-state index is -0.226. The summed E-state index contributed by atoms with van der Waals surface area (Å²) >= 11 is 11.9. The Kier molecular flexibility index (Phi) is 5.82. The van der Waals surface area contributed by atoms with Gasteiger partial charge in [-0.25, -0.2) is 9.78 Å². The normalized spacial score (nSPS) is 16.7. The summed E-state index contributed by atoms with van der Waals surface area (Å²) in [6.45, 7) is 1.07. The number of pyridine rings is 1. The average molecular weight is 391 g/mol. The van der Waals surface area contributed by atoms with Gasteiger partial charge in [0.1, 0.15) is 6.10 Å². The zero-order valence-electron chi connectivity index (χ0n) is 13.8. The Hall–Kier alpha value is -2.49. The minimum Gasteiger partial charge on any atom is -0.472 e. The molecule has 0 spiro atoms. The fraction of sp³-hybridized carbons (Fsp3) is 0.278. The van der Waals surface area contributed by atoms with Crippen molar-refractivity contribution in [3.05, 3.63) is 52.1 Å². The number of nitriles is 1. The Morgan fingerprint density at radius 2 is 2.15 bits per heavy atom. The van der Waals surface area contributed by atoms with Crippen molar-refractivity contribution in [2.45, 2.75) is 18.9 Å². The topological polar surface area (TPSA) is 78.2 Å². The molecule has 1 fully saturated rings. The highest BCUT2D eigenvalue weighted by Gasteiger charge is 2.25. The maximum Gasteiger partial charge on any atom is 0.321 e. The molecule has 2 amide bonds. The number of carbonyl (C=O) groups is 1. The third kappa shape index (κ3) is 4.57. The van der Waals surface area contributed by atoms with E-state index in [1.807, 2.05) is 0 Å². The molecule has 0 saturated carbocycles. The molecule has 1 aromatic heterocycles. The van der Waals surface area contributed by atoms with Crippen molar-refractivity contribution >= 4 is 34.9 Å². The van der Waals surface area contributed by atoms with Gasteiger partial charge in [-0.15, -0.1) is 0 Å². The Labute approximate surface area is 161 Å². The number of urea groups is 1. The number of piperidine rings is 1. The van der Waals surface area contributed by atoms with Crippen molar-refractivity contribution in [1.29, 1.82) is 5.26 Å². The van der Waals surface area contributed by atoms with Crippen LogP contribution in [0.2, 0.25) is 10.0 Å². The van der Waals surface area contributed by atoms with Gasteiger partial charge in [-0.3, -0.25) is 0 Å². The maximum absolute atomic E-state index is 12.5. The van der Waals surface area contributed by atoms with Gasteiger partial charge in [0, 0.05) is 24.5 Å². The number of hydrogen-bond donors (Lipinski definition) is 1. The lowest BCUT2D eigenvalue weighted by Crippen LogP contribution is -2.46. The van der Waals surface area contributed by atoms with Gasteiger partial charge in [0.15, 0.2) is 0 Å². The molecule has 8 heteroatoms. The molecular formula is C18H16Cl2N4O2. The second kappa shape index (κ2) is 8.26. The molecule has 134 valence electrons. The van der Waals surface area contributed by atoms with E-state index in [4.69, 9.17) is 33.2 Å². The predicted octanol–water partition coefficient (Wildman–Crippen LogP) is 4.34. The lowest BCUT2D eigenvalue weighted by molar-refractivity contribution is 0.102. The molecule has 6 nitrogen and oxygen atoms in total. The first kappa shape index (κ1) is 18.3. The van der Waals surface area contributed by atoms with Gasteiger partial charge in [0.05, 0.1) is 28.2 Å². The number of aromatic nitrogens is 1. The quantitative estimate of drug-likeness (QED) is 0.845. The number of ether oxygens (including phenoxy) is 1. The number of nitrogens with zero attached hydrogens (tertiary/aromatic N) is 3. The molecule has 2 aromatic rings. The van der Waals surface area contributed by atoms with Gasteiger partial charge in [-0.1, -0.05) is 23.2 Å². The molecule has 1 aromatic carbocycles. The van der Waals surface area contributed by atoms with Crippen molar-refractivity contribution in [2.75, 3.05) is 18.4 Å². The first-order chi connectivity index (χ1) is 12.5. The van der Waals surface area contributed by atoms with Crippen LogP contribution in [0.1, 0.15) is 18.4 Å². The number of benzene rings is 1. The number of halogens is 2. The monoisotopic (exact) mass is 390 g/mol. The first-order valence-electron chi connectivity index (χ1n) is 8.09. The molecule has 26 heavy (non-hydrogen) atoms. The molecule has 3 rings (SSSR count). The van der Waals surface area contributed by atoms with Crippen LogP contribution in [0, 0.1) is 11.3 Å². The molecule has 1 aliphatic heterocycles. The molecular weight excluding hydrogens is 375 g/mol. The van der Waals surface area contributed by atoms with Crippen LogP contribution in [0.25, 0.3) is 0 Å². The van der Waals surface area contributed by atoms with Crippen molar-refractivity contribution in [1.82, 2.24) is 9.88 Å². The summed E-state index contributed by atoms with van der Waals surface area (Å²) in [7, 11) is 0. The summed E-state index contributed by atoms with van der Waals surface area (Å²) in [4.78, 5) is 18.3. The number of nitrogens with one attached hydrogen (secondary N) is 1. The molecule has 1 N–H and O–H groups in total. The second-order valence-corrected chi connectivity index (χ2v) is 6.70. The standard InChI is InChI=1S/C18H16Cl2N4O2/c19-15-4-3-13(9-16(15)20)23-18(25)24-7-1-2-14(11-24)26-17-8-12(10-21)5-6-22-17/h3-6,8-9,14H,1-2,7,11H2,(H,23,25)/t14-/m1/s1. The summed E-state index contributed by atoms with van der Waals surface area (Å²) in [5.41, 5.74) is 1.07. The summed E-state index contributed by atoms with van der Waals surface area (Å²) in [5, 5.41) is 12.6. The molecule has 1 aliphatic rings. The summed E-state index contributed by atoms with van der Waals surface area (Å²) in [6.07, 6.45) is 2.99. The summed E-state index contributed by atoms with van der Waals surface area (Å²) < 4.78 is 5.84. The van der Waals surface area contributed by atoms with Crippen LogP contribution in [-0.4, -0.2) is 35.1 Å². The van der Waals surface area contributed by atoms with E-state index < -0.39 is 0 Å². The Morgan fingerprint density at radius 1 is 1.31 bits per heavy atom. The molecule has 2 heterocycles. The van der Waals surface area contributed by atoms with Crippen LogP contribution in [-0.2, 0) is 0 Å². The van der Waals surface area contributed by atoms with Crippen molar-refractivity contribution < 1.29 is 9.53 Å². The van der Waals surface area contributed by atoms with Crippen molar-refractivity contribution in [3.63, 3.8) is 0 Å². The number of likely N-dealkylation sites (tertiary alicyclic amines) is 1. The van der Waals surface area contributed by atoms with Crippen LogP contribution in [0.5, 0.6) is 5.88 Å². The van der Waals surface area contributed by atoms with Crippen LogP contribution >= 0.6 is 23.2 Å². The van der Waals surface area contributed by atoms with Crippen LogP contribution < -0.4 is 10.1 Å². The Morgan fingerprint density at radius 3 is 2.92 bits per heavy atom. The zero-order valence-corrected chi connectivity index (χ0v) is 15.3. The lowest BCUT2D eigenvalue weighted by atomic mass is 10.1. The lowest BCUT2D eigenvalue weighted by Gasteiger charge is -2.32. The van der Waals surface area contributed by atoms with Crippen molar-refractivity contribution in [3.8, 4) is 11.9 Å². The van der Waals surface area contributed by atoms with E-state index in [0.717, 1.165) is 12.8 Å². The maximum atomic E-state index is 12.5. The SMILES string of the molecule is N#Cc1ccnc(O[C@@H]2CCCN(C(=O)Nc3ccc(Cl)c(Cl)c3)C2)c1. The second-order valence-electron chi connectivity index (χ2n) is 5.88.